The quantitative estimate of drug-likeness (QED) is 0.807. The van der Waals surface area contributed by atoms with Gasteiger partial charge in [0.1, 0.15) is 0 Å². The van der Waals surface area contributed by atoms with Crippen LogP contribution < -0.4 is 0 Å². The van der Waals surface area contributed by atoms with Gasteiger partial charge in [-0.3, -0.25) is 0 Å². The van der Waals surface area contributed by atoms with Crippen LogP contribution in [0.4, 0.5) is 0 Å². The van der Waals surface area contributed by atoms with E-state index in [-0.39, 0.29) is 0 Å². The minimum Gasteiger partial charge on any atom is -0.223 e. The second-order valence-corrected chi connectivity index (χ2v) is 7.77. The predicted molar refractivity (Wildman–Crippen MR) is 76.7 cm³/mol. The van der Waals surface area contributed by atoms with Gasteiger partial charge in [0.05, 0.1) is 9.64 Å². The maximum absolute atomic E-state index is 12.7. The lowest BCUT2D eigenvalue weighted by molar-refractivity contribution is 0.488. The van der Waals surface area contributed by atoms with Gasteiger partial charge >= 0.3 is 0 Å². The SMILES string of the molecule is CCCC(C)(CC)S(=O)(=O)c1ccc(C)c(C)c1. The Hall–Kier alpha value is -0.830. The average Bonchev–Trinajstić information content (AvgIpc) is 2.32. The van der Waals surface area contributed by atoms with Gasteiger partial charge in [-0.25, -0.2) is 8.42 Å². The lowest BCUT2D eigenvalue weighted by Crippen LogP contribution is -2.34. The summed E-state index contributed by atoms with van der Waals surface area (Å²) < 4.78 is 24.8. The molecule has 0 spiro atoms. The Morgan fingerprint density at radius 1 is 1.11 bits per heavy atom. The van der Waals surface area contributed by atoms with E-state index in [4.69, 9.17) is 0 Å². The predicted octanol–water partition coefficient (Wildman–Crippen LogP) is 4.05. The lowest BCUT2D eigenvalue weighted by Gasteiger charge is -2.28. The number of sulfone groups is 1. The maximum Gasteiger partial charge on any atom is 0.183 e. The zero-order valence-corrected chi connectivity index (χ0v) is 12.9. The summed E-state index contributed by atoms with van der Waals surface area (Å²) in [6, 6.07) is 5.43. The molecule has 0 fully saturated rings. The summed E-state index contributed by atoms with van der Waals surface area (Å²) in [7, 11) is -3.25. The highest BCUT2D eigenvalue weighted by Crippen LogP contribution is 2.33. The number of benzene rings is 1. The number of aryl methyl sites for hydroxylation is 2. The summed E-state index contributed by atoms with van der Waals surface area (Å²) in [6.07, 6.45) is 2.24. The van der Waals surface area contributed by atoms with Crippen LogP contribution in [-0.2, 0) is 9.84 Å². The van der Waals surface area contributed by atoms with Crippen LogP contribution in [0.2, 0.25) is 0 Å². The van der Waals surface area contributed by atoms with Crippen molar-refractivity contribution in [3.05, 3.63) is 29.3 Å². The van der Waals surface area contributed by atoms with Crippen molar-refractivity contribution in [2.24, 2.45) is 0 Å². The molecule has 0 amide bonds. The summed E-state index contributed by atoms with van der Waals surface area (Å²) in [5, 5.41) is 0. The van der Waals surface area contributed by atoms with Crippen molar-refractivity contribution in [2.45, 2.75) is 63.5 Å². The molecule has 102 valence electrons. The van der Waals surface area contributed by atoms with Crippen LogP contribution in [0.3, 0.4) is 0 Å². The molecule has 0 saturated heterocycles. The molecular formula is C15H24O2S. The molecule has 3 heteroatoms. The van der Waals surface area contributed by atoms with Crippen molar-refractivity contribution in [3.63, 3.8) is 0 Å². The van der Waals surface area contributed by atoms with Crippen molar-refractivity contribution >= 4 is 9.84 Å². The summed E-state index contributed by atoms with van der Waals surface area (Å²) in [5.74, 6) is 0. The van der Waals surface area contributed by atoms with Crippen LogP contribution >= 0.6 is 0 Å². The van der Waals surface area contributed by atoms with E-state index in [1.807, 2.05) is 40.7 Å². The van der Waals surface area contributed by atoms with Crippen LogP contribution in [-0.4, -0.2) is 13.2 Å². The second kappa shape index (κ2) is 5.43. The van der Waals surface area contributed by atoms with Crippen molar-refractivity contribution in [2.75, 3.05) is 0 Å². The number of hydrogen-bond acceptors (Lipinski definition) is 2. The average molecular weight is 268 g/mol. The van der Waals surface area contributed by atoms with E-state index < -0.39 is 14.6 Å². The van der Waals surface area contributed by atoms with Gasteiger partial charge in [0.2, 0.25) is 0 Å². The second-order valence-electron chi connectivity index (χ2n) is 5.30. The molecular weight excluding hydrogens is 244 g/mol. The molecule has 0 aliphatic rings. The van der Waals surface area contributed by atoms with E-state index >= 15 is 0 Å². The fourth-order valence-corrected chi connectivity index (χ4v) is 4.20. The molecule has 0 N–H and O–H groups in total. The summed E-state index contributed by atoms with van der Waals surface area (Å²) in [4.78, 5) is 0.461. The highest BCUT2D eigenvalue weighted by Gasteiger charge is 2.37. The van der Waals surface area contributed by atoms with Gasteiger partial charge in [-0.2, -0.15) is 0 Å². The van der Waals surface area contributed by atoms with Crippen molar-refractivity contribution in [1.82, 2.24) is 0 Å². The summed E-state index contributed by atoms with van der Waals surface area (Å²) >= 11 is 0. The molecule has 1 aromatic carbocycles. The van der Waals surface area contributed by atoms with E-state index in [1.54, 1.807) is 12.1 Å². The number of hydrogen-bond donors (Lipinski definition) is 0. The van der Waals surface area contributed by atoms with Crippen molar-refractivity contribution in [1.29, 1.82) is 0 Å². The minimum absolute atomic E-state index is 0.461. The Kier molecular flexibility index (Phi) is 4.60. The van der Waals surface area contributed by atoms with E-state index in [9.17, 15) is 8.42 Å². The standard InChI is InChI=1S/C15H24O2S/c1-6-10-15(5,7-2)18(16,17)14-9-8-12(3)13(4)11-14/h8-9,11H,6-7,10H2,1-5H3. The Morgan fingerprint density at radius 2 is 1.72 bits per heavy atom. The van der Waals surface area contributed by atoms with E-state index in [2.05, 4.69) is 0 Å². The first kappa shape index (κ1) is 15.2. The zero-order chi connectivity index (χ0) is 14.0. The molecule has 1 rings (SSSR count). The third-order valence-corrected chi connectivity index (χ3v) is 6.63. The van der Waals surface area contributed by atoms with Gasteiger partial charge in [0.25, 0.3) is 0 Å². The van der Waals surface area contributed by atoms with Gasteiger partial charge < -0.3 is 0 Å². The first-order chi connectivity index (χ1) is 8.28. The molecule has 0 radical (unpaired) electrons. The monoisotopic (exact) mass is 268 g/mol. The molecule has 0 aromatic heterocycles. The summed E-state index contributed by atoms with van der Waals surface area (Å²) in [6.45, 7) is 9.80. The molecule has 0 aliphatic heterocycles. The van der Waals surface area contributed by atoms with Crippen LogP contribution in [0.15, 0.2) is 23.1 Å². The highest BCUT2D eigenvalue weighted by molar-refractivity contribution is 7.92. The fourth-order valence-electron chi connectivity index (χ4n) is 2.20. The van der Waals surface area contributed by atoms with Crippen LogP contribution in [0.5, 0.6) is 0 Å². The normalized spacial score (nSPS) is 15.4. The third-order valence-electron chi connectivity index (χ3n) is 3.96. The van der Waals surface area contributed by atoms with Gasteiger partial charge in [0.15, 0.2) is 9.84 Å². The van der Waals surface area contributed by atoms with E-state index in [0.29, 0.717) is 17.7 Å². The largest absolute Gasteiger partial charge is 0.223 e. The van der Waals surface area contributed by atoms with Gasteiger partial charge in [0, 0.05) is 0 Å². The van der Waals surface area contributed by atoms with Gasteiger partial charge in [-0.1, -0.05) is 26.3 Å². The molecule has 1 unspecified atom stereocenters. The zero-order valence-electron chi connectivity index (χ0n) is 12.1. The van der Waals surface area contributed by atoms with Crippen LogP contribution in [0.25, 0.3) is 0 Å². The first-order valence-corrected chi connectivity index (χ1v) is 8.08. The van der Waals surface area contributed by atoms with E-state index in [0.717, 1.165) is 17.5 Å². The van der Waals surface area contributed by atoms with Crippen molar-refractivity contribution < 1.29 is 8.42 Å². The number of rotatable bonds is 5. The smallest absolute Gasteiger partial charge is 0.183 e. The highest BCUT2D eigenvalue weighted by atomic mass is 32.2. The third kappa shape index (κ3) is 2.61. The van der Waals surface area contributed by atoms with Crippen molar-refractivity contribution in [3.8, 4) is 0 Å². The summed E-state index contributed by atoms with van der Waals surface area (Å²) in [5.41, 5.74) is 2.16. The molecule has 1 atom stereocenters. The first-order valence-electron chi connectivity index (χ1n) is 6.60. The molecule has 18 heavy (non-hydrogen) atoms. The lowest BCUT2D eigenvalue weighted by atomic mass is 10.0. The van der Waals surface area contributed by atoms with Gasteiger partial charge in [-0.15, -0.1) is 0 Å². The van der Waals surface area contributed by atoms with Crippen LogP contribution in [0, 0.1) is 13.8 Å². The minimum atomic E-state index is -3.25. The Balaban J connectivity index is 3.31. The van der Waals surface area contributed by atoms with Crippen LogP contribution in [0.1, 0.15) is 51.2 Å². The molecule has 0 aliphatic carbocycles. The Morgan fingerprint density at radius 3 is 2.17 bits per heavy atom. The Bertz CT molecular complexity index is 517. The molecule has 0 bridgehead atoms. The Labute approximate surface area is 111 Å². The topological polar surface area (TPSA) is 34.1 Å². The van der Waals surface area contributed by atoms with E-state index in [1.165, 1.54) is 0 Å². The van der Waals surface area contributed by atoms with Gasteiger partial charge in [-0.05, 0) is 56.9 Å². The molecule has 1 aromatic rings. The fraction of sp³-hybridized carbons (Fsp3) is 0.600. The molecule has 0 heterocycles. The molecule has 0 saturated carbocycles. The maximum atomic E-state index is 12.7. The molecule has 2 nitrogen and oxygen atoms in total.